The van der Waals surface area contributed by atoms with Crippen LogP contribution in [0.3, 0.4) is 0 Å². The lowest BCUT2D eigenvalue weighted by atomic mass is 9.70. The number of alkyl halides is 3. The van der Waals surface area contributed by atoms with E-state index in [1.165, 1.54) is 0 Å². The SMILES string of the molecule is CC1(C)C2CCC1(CS(=O)(=O)N1Cc3cc(OCCCON=C(N)N)ccc3C[C@H]1C(=O)OC(=O)C(F)(F)F)C(=O)C2. The molecule has 232 valence electrons. The number of hydrogen-bond donors (Lipinski definition) is 2. The highest BCUT2D eigenvalue weighted by Gasteiger charge is 2.66. The summed E-state index contributed by atoms with van der Waals surface area (Å²) in [4.78, 5) is 42.3. The first kappa shape index (κ1) is 31.5. The van der Waals surface area contributed by atoms with E-state index in [0.29, 0.717) is 36.1 Å². The first-order valence-electron chi connectivity index (χ1n) is 13.3. The lowest BCUT2D eigenvalue weighted by molar-refractivity contribution is -0.203. The molecule has 1 aliphatic heterocycles. The van der Waals surface area contributed by atoms with Crippen molar-refractivity contribution in [2.45, 2.75) is 64.7 Å². The van der Waals surface area contributed by atoms with Gasteiger partial charge in [-0.1, -0.05) is 19.9 Å². The molecule has 1 aromatic carbocycles. The Bertz CT molecular complexity index is 1390. The summed E-state index contributed by atoms with van der Waals surface area (Å²) in [6, 6.07) is 2.92. The molecule has 0 amide bonds. The monoisotopic (exact) mass is 618 g/mol. The minimum absolute atomic E-state index is 0.0111. The summed E-state index contributed by atoms with van der Waals surface area (Å²) in [5.41, 5.74) is 9.42. The summed E-state index contributed by atoms with van der Waals surface area (Å²) >= 11 is 0. The van der Waals surface area contributed by atoms with Crippen LogP contribution in [0.1, 0.15) is 50.7 Å². The number of sulfonamides is 1. The molecular formula is C26H33F3N4O8S. The number of carbonyl (C=O) groups excluding carboxylic acids is 3. The van der Waals surface area contributed by atoms with E-state index >= 15 is 0 Å². The van der Waals surface area contributed by atoms with Gasteiger partial charge in [0.05, 0.1) is 12.4 Å². The van der Waals surface area contributed by atoms with Crippen molar-refractivity contribution in [3.63, 3.8) is 0 Å². The van der Waals surface area contributed by atoms with Crippen LogP contribution in [0, 0.1) is 16.7 Å². The van der Waals surface area contributed by atoms with Crippen LogP contribution in [-0.4, -0.2) is 67.6 Å². The second-order valence-corrected chi connectivity index (χ2v) is 13.3. The van der Waals surface area contributed by atoms with Crippen molar-refractivity contribution in [3.05, 3.63) is 29.3 Å². The second kappa shape index (κ2) is 11.4. The number of guanidine groups is 1. The predicted octanol–water partition coefficient (Wildman–Crippen LogP) is 1.74. The first-order valence-corrected chi connectivity index (χ1v) is 14.9. The van der Waals surface area contributed by atoms with Crippen molar-refractivity contribution in [2.24, 2.45) is 33.4 Å². The lowest BCUT2D eigenvalue weighted by Crippen LogP contribution is -2.54. The van der Waals surface area contributed by atoms with E-state index in [4.69, 9.17) is 21.0 Å². The Morgan fingerprint density at radius 1 is 1.14 bits per heavy atom. The minimum Gasteiger partial charge on any atom is -0.493 e. The quantitative estimate of drug-likeness (QED) is 0.0979. The van der Waals surface area contributed by atoms with Crippen LogP contribution in [-0.2, 0) is 46.9 Å². The van der Waals surface area contributed by atoms with Crippen LogP contribution in [0.25, 0.3) is 0 Å². The molecule has 2 aliphatic carbocycles. The number of benzene rings is 1. The van der Waals surface area contributed by atoms with Crippen molar-refractivity contribution in [2.75, 3.05) is 19.0 Å². The van der Waals surface area contributed by atoms with Gasteiger partial charge >= 0.3 is 18.1 Å². The Morgan fingerprint density at radius 3 is 2.45 bits per heavy atom. The predicted molar refractivity (Wildman–Crippen MR) is 141 cm³/mol. The topological polar surface area (TPSA) is 181 Å². The highest BCUT2D eigenvalue weighted by atomic mass is 32.2. The minimum atomic E-state index is -5.45. The Hall–Kier alpha value is -3.40. The summed E-state index contributed by atoms with van der Waals surface area (Å²) in [7, 11) is -4.44. The van der Waals surface area contributed by atoms with Gasteiger partial charge in [0.25, 0.3) is 0 Å². The number of nitrogens with two attached hydrogens (primary N) is 2. The van der Waals surface area contributed by atoms with E-state index in [1.807, 2.05) is 13.8 Å². The van der Waals surface area contributed by atoms with Gasteiger partial charge in [-0.2, -0.15) is 17.5 Å². The van der Waals surface area contributed by atoms with Gasteiger partial charge < -0.3 is 25.8 Å². The third-order valence-electron chi connectivity index (χ3n) is 8.71. The van der Waals surface area contributed by atoms with Crippen LogP contribution < -0.4 is 16.2 Å². The summed E-state index contributed by atoms with van der Waals surface area (Å²) < 4.78 is 77.0. The van der Waals surface area contributed by atoms with Crippen LogP contribution in [0.15, 0.2) is 23.4 Å². The average molecular weight is 619 g/mol. The number of nitrogens with zero attached hydrogens (tertiary/aromatic N) is 2. The molecular weight excluding hydrogens is 585 g/mol. The third-order valence-corrected chi connectivity index (χ3v) is 10.7. The molecule has 2 unspecified atom stereocenters. The molecule has 4 rings (SSSR count). The molecule has 1 aromatic rings. The van der Waals surface area contributed by atoms with Crippen molar-refractivity contribution < 1.29 is 50.3 Å². The number of halogens is 3. The van der Waals surface area contributed by atoms with Gasteiger partial charge in [-0.15, -0.1) is 0 Å². The smallest absolute Gasteiger partial charge is 0.491 e. The molecule has 16 heteroatoms. The van der Waals surface area contributed by atoms with Crippen LogP contribution in [0.4, 0.5) is 13.2 Å². The van der Waals surface area contributed by atoms with E-state index in [9.17, 15) is 36.0 Å². The molecule has 2 bridgehead atoms. The third kappa shape index (κ3) is 6.04. The maximum Gasteiger partial charge on any atom is 0.491 e. The van der Waals surface area contributed by atoms with Gasteiger partial charge in [0.15, 0.2) is 0 Å². The fourth-order valence-electron chi connectivity index (χ4n) is 6.27. The number of esters is 2. The fourth-order valence-corrected chi connectivity index (χ4v) is 8.62. The van der Waals surface area contributed by atoms with Gasteiger partial charge in [-0.25, -0.2) is 18.0 Å². The second-order valence-electron chi connectivity index (χ2n) is 11.4. The Balaban J connectivity index is 1.59. The largest absolute Gasteiger partial charge is 0.493 e. The number of ether oxygens (including phenoxy) is 2. The first-order chi connectivity index (χ1) is 19.5. The highest BCUT2D eigenvalue weighted by Crippen LogP contribution is 2.64. The number of carbonyl (C=O) groups is 3. The lowest BCUT2D eigenvalue weighted by Gasteiger charge is -2.40. The number of oxime groups is 1. The summed E-state index contributed by atoms with van der Waals surface area (Å²) in [6.45, 7) is 3.63. The maximum atomic E-state index is 14.0. The number of Topliss-reactive ketones (excluding diaryl/α,β-unsaturated/α-hetero) is 1. The van der Waals surface area contributed by atoms with Crippen LogP contribution in [0.5, 0.6) is 5.75 Å². The maximum absolute atomic E-state index is 14.0. The molecule has 12 nitrogen and oxygen atoms in total. The molecule has 4 N–H and O–H groups in total. The van der Waals surface area contributed by atoms with E-state index < -0.39 is 57.3 Å². The van der Waals surface area contributed by atoms with E-state index in [-0.39, 0.29) is 43.7 Å². The summed E-state index contributed by atoms with van der Waals surface area (Å²) in [5.74, 6) is -5.04. The van der Waals surface area contributed by atoms with Gasteiger partial charge in [-0.3, -0.25) is 4.79 Å². The molecule has 0 radical (unpaired) electrons. The van der Waals surface area contributed by atoms with Crippen molar-refractivity contribution >= 4 is 33.7 Å². The zero-order chi connectivity index (χ0) is 31.1. The summed E-state index contributed by atoms with van der Waals surface area (Å²) in [6.07, 6.45) is -4.14. The standard InChI is InChI=1S/C26H33F3N4O8S/c1-24(2)17-6-7-25(24,20(34)12-17)14-42(37,38)33-13-16-10-18(39-8-3-9-40-32-23(30)31)5-4-15(16)11-19(33)21(35)41-22(36)26(27,28)29/h4-5,10,17,19H,3,6-9,11-14H2,1-2H3,(H4,30,31,32)/t17?,19-,25?/m0/s1. The Morgan fingerprint density at radius 2 is 1.86 bits per heavy atom. The van der Waals surface area contributed by atoms with Gasteiger partial charge in [-0.05, 0) is 52.6 Å². The van der Waals surface area contributed by atoms with Crippen molar-refractivity contribution in [3.8, 4) is 5.75 Å². The van der Waals surface area contributed by atoms with Gasteiger partial charge in [0.1, 0.15) is 24.2 Å². The number of ketones is 1. The van der Waals surface area contributed by atoms with Gasteiger partial charge in [0, 0.05) is 31.2 Å². The van der Waals surface area contributed by atoms with E-state index in [2.05, 4.69) is 9.89 Å². The molecule has 1 heterocycles. The number of fused-ring (bicyclic) bond motifs is 3. The van der Waals surface area contributed by atoms with Gasteiger partial charge in [0.2, 0.25) is 16.0 Å². The Kier molecular flexibility index (Phi) is 8.53. The molecule has 0 saturated heterocycles. The van der Waals surface area contributed by atoms with Crippen molar-refractivity contribution in [1.29, 1.82) is 0 Å². The van der Waals surface area contributed by atoms with Crippen LogP contribution in [0.2, 0.25) is 0 Å². The fraction of sp³-hybridized carbons (Fsp3) is 0.615. The molecule has 2 fully saturated rings. The molecule has 0 aromatic heterocycles. The Labute approximate surface area is 240 Å². The zero-order valence-electron chi connectivity index (χ0n) is 23.1. The van der Waals surface area contributed by atoms with Crippen molar-refractivity contribution in [1.82, 2.24) is 4.31 Å². The number of rotatable bonds is 10. The zero-order valence-corrected chi connectivity index (χ0v) is 23.9. The molecule has 2 saturated carbocycles. The normalized spacial score (nSPS) is 25.0. The van der Waals surface area contributed by atoms with E-state index in [1.54, 1.807) is 18.2 Å². The molecule has 3 aliphatic rings. The summed E-state index contributed by atoms with van der Waals surface area (Å²) in [5, 5.41) is 3.39. The highest BCUT2D eigenvalue weighted by molar-refractivity contribution is 7.89. The number of hydrogen-bond acceptors (Lipinski definition) is 9. The molecule has 42 heavy (non-hydrogen) atoms. The van der Waals surface area contributed by atoms with E-state index in [0.717, 1.165) is 4.31 Å². The average Bonchev–Trinajstić information content (AvgIpc) is 3.23. The molecule has 3 atom stereocenters. The molecule has 0 spiro atoms. The van der Waals surface area contributed by atoms with Crippen LogP contribution >= 0.6 is 0 Å².